The quantitative estimate of drug-likeness (QED) is 0.447. The fourth-order valence-corrected chi connectivity index (χ4v) is 3.82. The van der Waals surface area contributed by atoms with Gasteiger partial charge in [0.1, 0.15) is 0 Å². The van der Waals surface area contributed by atoms with Crippen molar-refractivity contribution in [1.82, 2.24) is 0 Å². The summed E-state index contributed by atoms with van der Waals surface area (Å²) in [5, 5.41) is 5.78. The first-order valence-corrected chi connectivity index (χ1v) is 10.7. The number of rotatable bonds is 5. The van der Waals surface area contributed by atoms with Gasteiger partial charge in [0, 0.05) is 26.6 Å². The number of amides is 2. The number of halogens is 2. The van der Waals surface area contributed by atoms with Gasteiger partial charge >= 0.3 is 6.03 Å². The molecule has 3 aromatic carbocycles. The van der Waals surface area contributed by atoms with E-state index in [1.807, 2.05) is 0 Å². The number of carbonyl (C=O) groups excluding carboxylic acids is 1. The van der Waals surface area contributed by atoms with E-state index in [0.29, 0.717) is 22.1 Å². The zero-order valence-corrected chi connectivity index (χ0v) is 17.5. The van der Waals surface area contributed by atoms with Crippen LogP contribution in [0.1, 0.15) is 0 Å². The number of sulfonamides is 1. The topological polar surface area (TPSA) is 87.3 Å². The molecular weight excluding hydrogens is 466 g/mol. The highest BCUT2D eigenvalue weighted by Crippen LogP contribution is 2.20. The maximum atomic E-state index is 12.5. The second-order valence-electron chi connectivity index (χ2n) is 5.73. The highest BCUT2D eigenvalue weighted by atomic mass is 79.9. The zero-order chi connectivity index (χ0) is 20.1. The molecule has 144 valence electrons. The molecule has 0 aromatic heterocycles. The maximum absolute atomic E-state index is 12.5. The van der Waals surface area contributed by atoms with Crippen LogP contribution < -0.4 is 15.4 Å². The van der Waals surface area contributed by atoms with Crippen LogP contribution in [0.4, 0.5) is 21.9 Å². The molecular formula is C19H15BrClN3O3S. The van der Waals surface area contributed by atoms with Crippen LogP contribution in [0.25, 0.3) is 0 Å². The zero-order valence-electron chi connectivity index (χ0n) is 14.3. The van der Waals surface area contributed by atoms with Crippen molar-refractivity contribution in [2.24, 2.45) is 0 Å². The van der Waals surface area contributed by atoms with Gasteiger partial charge in [-0.3, -0.25) is 4.72 Å². The van der Waals surface area contributed by atoms with Crippen LogP contribution in [0.15, 0.2) is 82.2 Å². The van der Waals surface area contributed by atoms with Crippen molar-refractivity contribution in [3.05, 3.63) is 82.3 Å². The summed E-state index contributed by atoms with van der Waals surface area (Å²) in [6.07, 6.45) is 0. The van der Waals surface area contributed by atoms with E-state index in [2.05, 4.69) is 31.3 Å². The van der Waals surface area contributed by atoms with Gasteiger partial charge < -0.3 is 10.6 Å². The smallest absolute Gasteiger partial charge is 0.308 e. The van der Waals surface area contributed by atoms with Crippen LogP contribution in [-0.2, 0) is 10.0 Å². The Morgan fingerprint density at radius 2 is 1.43 bits per heavy atom. The molecule has 3 aromatic rings. The Morgan fingerprint density at radius 3 is 2.07 bits per heavy atom. The minimum atomic E-state index is -3.73. The number of benzene rings is 3. The minimum Gasteiger partial charge on any atom is -0.308 e. The molecule has 0 radical (unpaired) electrons. The second kappa shape index (κ2) is 8.64. The molecule has 0 fully saturated rings. The molecule has 0 unspecified atom stereocenters. The first-order chi connectivity index (χ1) is 13.3. The fourth-order valence-electron chi connectivity index (χ4n) is 2.31. The van der Waals surface area contributed by atoms with Crippen LogP contribution >= 0.6 is 27.5 Å². The number of hydrogen-bond donors (Lipinski definition) is 3. The van der Waals surface area contributed by atoms with Gasteiger partial charge in [0.05, 0.1) is 4.90 Å². The maximum Gasteiger partial charge on any atom is 0.323 e. The molecule has 0 saturated heterocycles. The molecule has 9 heteroatoms. The third-order valence-corrected chi connectivity index (χ3v) is 5.76. The second-order valence-corrected chi connectivity index (χ2v) is 8.76. The molecule has 0 heterocycles. The molecule has 0 saturated carbocycles. The van der Waals surface area contributed by atoms with Gasteiger partial charge in [-0.15, -0.1) is 0 Å². The lowest BCUT2D eigenvalue weighted by molar-refractivity contribution is 0.262. The summed E-state index contributed by atoms with van der Waals surface area (Å²) in [6.45, 7) is 0. The number of hydrogen-bond acceptors (Lipinski definition) is 3. The summed E-state index contributed by atoms with van der Waals surface area (Å²) in [6, 6.07) is 18.9. The van der Waals surface area contributed by atoms with Crippen LogP contribution in [0.2, 0.25) is 5.02 Å². The van der Waals surface area contributed by atoms with E-state index in [1.54, 1.807) is 48.5 Å². The molecule has 0 atom stereocenters. The Bertz CT molecular complexity index is 1090. The Hall–Kier alpha value is -2.55. The Labute approximate surface area is 176 Å². The number of urea groups is 1. The average molecular weight is 481 g/mol. The van der Waals surface area contributed by atoms with E-state index in [4.69, 9.17) is 11.6 Å². The monoisotopic (exact) mass is 479 g/mol. The van der Waals surface area contributed by atoms with Crippen LogP contribution in [0.3, 0.4) is 0 Å². The van der Waals surface area contributed by atoms with E-state index in [-0.39, 0.29) is 4.90 Å². The van der Waals surface area contributed by atoms with Gasteiger partial charge in [-0.25, -0.2) is 13.2 Å². The summed E-state index contributed by atoms with van der Waals surface area (Å²) < 4.78 is 28.3. The van der Waals surface area contributed by atoms with Crippen molar-refractivity contribution >= 4 is 60.6 Å². The number of anilines is 3. The highest BCUT2D eigenvalue weighted by Gasteiger charge is 2.14. The fraction of sp³-hybridized carbons (Fsp3) is 0. The Morgan fingerprint density at radius 1 is 0.821 bits per heavy atom. The minimum absolute atomic E-state index is 0.0798. The lowest BCUT2D eigenvalue weighted by Crippen LogP contribution is -2.19. The van der Waals surface area contributed by atoms with Crippen molar-refractivity contribution in [3.8, 4) is 0 Å². The lowest BCUT2D eigenvalue weighted by atomic mass is 10.3. The SMILES string of the molecule is O=C(Nc1ccc(S(=O)(=O)Nc2ccc(Br)cc2)cc1)Nc1cccc(Cl)c1. The van der Waals surface area contributed by atoms with Gasteiger partial charge in [0.2, 0.25) is 0 Å². The molecule has 0 spiro atoms. The van der Waals surface area contributed by atoms with Crippen molar-refractivity contribution in [2.75, 3.05) is 15.4 Å². The predicted octanol–water partition coefficient (Wildman–Crippen LogP) is 5.55. The van der Waals surface area contributed by atoms with E-state index < -0.39 is 16.1 Å². The number of carbonyl (C=O) groups is 1. The molecule has 2 amide bonds. The summed E-state index contributed by atoms with van der Waals surface area (Å²) in [5.41, 5.74) is 1.44. The molecule has 3 N–H and O–H groups in total. The van der Waals surface area contributed by atoms with Crippen LogP contribution in [0.5, 0.6) is 0 Å². The first kappa shape index (κ1) is 20.2. The molecule has 0 bridgehead atoms. The first-order valence-electron chi connectivity index (χ1n) is 8.04. The van der Waals surface area contributed by atoms with E-state index >= 15 is 0 Å². The summed E-state index contributed by atoms with van der Waals surface area (Å²) in [4.78, 5) is 12.1. The Balaban J connectivity index is 1.65. The molecule has 3 rings (SSSR count). The van der Waals surface area contributed by atoms with Crippen molar-refractivity contribution < 1.29 is 13.2 Å². The highest BCUT2D eigenvalue weighted by molar-refractivity contribution is 9.10. The Kier molecular flexibility index (Phi) is 6.23. The van der Waals surface area contributed by atoms with Gasteiger partial charge in [-0.2, -0.15) is 0 Å². The van der Waals surface area contributed by atoms with Crippen molar-refractivity contribution in [1.29, 1.82) is 0 Å². The molecule has 28 heavy (non-hydrogen) atoms. The van der Waals surface area contributed by atoms with E-state index in [9.17, 15) is 13.2 Å². The third-order valence-electron chi connectivity index (χ3n) is 3.60. The summed E-state index contributed by atoms with van der Waals surface area (Å²) in [7, 11) is -3.73. The third kappa shape index (κ3) is 5.48. The summed E-state index contributed by atoms with van der Waals surface area (Å²) in [5.74, 6) is 0. The van der Waals surface area contributed by atoms with Gasteiger partial charge in [0.15, 0.2) is 0 Å². The normalized spacial score (nSPS) is 10.9. The largest absolute Gasteiger partial charge is 0.323 e. The van der Waals surface area contributed by atoms with E-state index in [0.717, 1.165) is 4.47 Å². The van der Waals surface area contributed by atoms with Crippen molar-refractivity contribution in [3.63, 3.8) is 0 Å². The molecule has 6 nitrogen and oxygen atoms in total. The van der Waals surface area contributed by atoms with Gasteiger partial charge in [-0.05, 0) is 66.7 Å². The average Bonchev–Trinajstić information content (AvgIpc) is 2.64. The number of nitrogens with one attached hydrogen (secondary N) is 3. The lowest BCUT2D eigenvalue weighted by Gasteiger charge is -2.10. The van der Waals surface area contributed by atoms with Gasteiger partial charge in [-0.1, -0.05) is 33.6 Å². The van der Waals surface area contributed by atoms with Crippen LogP contribution in [-0.4, -0.2) is 14.4 Å². The molecule has 0 aliphatic carbocycles. The van der Waals surface area contributed by atoms with E-state index in [1.165, 1.54) is 24.3 Å². The molecule has 0 aliphatic heterocycles. The summed E-state index contributed by atoms with van der Waals surface area (Å²) >= 11 is 9.18. The van der Waals surface area contributed by atoms with Gasteiger partial charge in [0.25, 0.3) is 10.0 Å². The van der Waals surface area contributed by atoms with Crippen molar-refractivity contribution in [2.45, 2.75) is 4.90 Å². The molecule has 0 aliphatic rings. The van der Waals surface area contributed by atoms with Crippen LogP contribution in [0, 0.1) is 0 Å². The standard InChI is InChI=1S/C19H15BrClN3O3S/c20-13-4-6-16(7-5-13)24-28(26,27)18-10-8-15(9-11-18)22-19(25)23-17-3-1-2-14(21)12-17/h1-12,24H,(H2,22,23,25). The predicted molar refractivity (Wildman–Crippen MR) is 115 cm³/mol.